The monoisotopic (exact) mass is 314 g/mol. The van der Waals surface area contributed by atoms with Crippen LogP contribution in [0.25, 0.3) is 10.9 Å². The molecule has 0 N–H and O–H groups in total. The van der Waals surface area contributed by atoms with Crippen molar-refractivity contribution in [1.29, 1.82) is 0 Å². The van der Waals surface area contributed by atoms with Crippen molar-refractivity contribution in [3.8, 4) is 0 Å². The first-order valence-electron chi connectivity index (χ1n) is 7.21. The molecule has 0 atom stereocenters. The summed E-state index contributed by atoms with van der Waals surface area (Å²) in [5.41, 5.74) is 1.86. The zero-order valence-corrected chi connectivity index (χ0v) is 13.5. The number of hydrogen-bond donors (Lipinski definition) is 0. The third-order valence-corrected chi connectivity index (χ3v) is 4.66. The molecule has 0 aliphatic carbocycles. The number of aromatic nitrogens is 4. The molecular formula is C16H18N4OS. The van der Waals surface area contributed by atoms with Crippen LogP contribution in [0.15, 0.2) is 46.9 Å². The average molecular weight is 314 g/mol. The smallest absolute Gasteiger partial charge is 0.261 e. The van der Waals surface area contributed by atoms with E-state index in [1.807, 2.05) is 37.6 Å². The molecule has 0 amide bonds. The standard InChI is InChI=1S/C16H18N4OS/c1-12-4-5-14-13(10-12)15(21)19(2)16(18-14)22-9-3-7-20-8-6-17-11-20/h4-6,8,10-11H,3,7,9H2,1-2H3. The SMILES string of the molecule is Cc1ccc2nc(SCCCn3ccnc3)n(C)c(=O)c2c1. The predicted molar refractivity (Wildman–Crippen MR) is 89.3 cm³/mol. The Balaban J connectivity index is 1.75. The second-order valence-electron chi connectivity index (χ2n) is 5.28. The molecule has 0 bridgehead atoms. The molecule has 0 radical (unpaired) electrons. The van der Waals surface area contributed by atoms with Gasteiger partial charge in [0.1, 0.15) is 0 Å². The molecule has 22 heavy (non-hydrogen) atoms. The fraction of sp³-hybridized carbons (Fsp3) is 0.312. The summed E-state index contributed by atoms with van der Waals surface area (Å²) < 4.78 is 3.69. The second-order valence-corrected chi connectivity index (χ2v) is 6.34. The van der Waals surface area contributed by atoms with E-state index in [1.165, 1.54) is 0 Å². The highest BCUT2D eigenvalue weighted by Crippen LogP contribution is 2.18. The summed E-state index contributed by atoms with van der Waals surface area (Å²) in [5, 5.41) is 1.46. The third-order valence-electron chi connectivity index (χ3n) is 3.54. The molecule has 0 saturated carbocycles. The van der Waals surface area contributed by atoms with Crippen molar-refractivity contribution in [3.63, 3.8) is 0 Å². The van der Waals surface area contributed by atoms with E-state index in [0.29, 0.717) is 5.39 Å². The summed E-state index contributed by atoms with van der Waals surface area (Å²) in [6.07, 6.45) is 6.56. The van der Waals surface area contributed by atoms with Crippen LogP contribution in [0.2, 0.25) is 0 Å². The Kier molecular flexibility index (Phi) is 4.29. The van der Waals surface area contributed by atoms with Gasteiger partial charge >= 0.3 is 0 Å². The zero-order chi connectivity index (χ0) is 15.5. The Morgan fingerprint density at radius 1 is 1.32 bits per heavy atom. The number of nitrogens with zero attached hydrogens (tertiary/aromatic N) is 4. The summed E-state index contributed by atoms with van der Waals surface area (Å²) in [6, 6.07) is 5.81. The molecule has 5 nitrogen and oxygen atoms in total. The van der Waals surface area contributed by atoms with Gasteiger partial charge in [-0.2, -0.15) is 0 Å². The van der Waals surface area contributed by atoms with E-state index in [4.69, 9.17) is 0 Å². The number of benzene rings is 1. The first-order valence-corrected chi connectivity index (χ1v) is 8.19. The van der Waals surface area contributed by atoms with Gasteiger partial charge in [0.05, 0.1) is 17.2 Å². The van der Waals surface area contributed by atoms with Crippen molar-refractivity contribution >= 4 is 22.7 Å². The van der Waals surface area contributed by atoms with Crippen molar-refractivity contribution < 1.29 is 0 Å². The van der Waals surface area contributed by atoms with Crippen molar-refractivity contribution in [3.05, 3.63) is 52.8 Å². The van der Waals surface area contributed by atoms with E-state index >= 15 is 0 Å². The van der Waals surface area contributed by atoms with Gasteiger partial charge in [0, 0.05) is 31.7 Å². The average Bonchev–Trinajstić information content (AvgIpc) is 3.02. The molecule has 2 heterocycles. The Labute approximate surface area is 133 Å². The van der Waals surface area contributed by atoms with Gasteiger partial charge in [0.25, 0.3) is 5.56 Å². The van der Waals surface area contributed by atoms with Gasteiger partial charge in [-0.15, -0.1) is 0 Å². The Bertz CT molecular complexity index is 839. The maximum absolute atomic E-state index is 12.4. The summed E-state index contributed by atoms with van der Waals surface area (Å²) in [6.45, 7) is 2.91. The Hall–Kier alpha value is -2.08. The van der Waals surface area contributed by atoms with Crippen molar-refractivity contribution in [2.75, 3.05) is 5.75 Å². The molecule has 0 aliphatic rings. The highest BCUT2D eigenvalue weighted by Gasteiger charge is 2.08. The van der Waals surface area contributed by atoms with Crippen LogP contribution in [0, 0.1) is 6.92 Å². The molecule has 0 unspecified atom stereocenters. The minimum absolute atomic E-state index is 0.0193. The van der Waals surface area contributed by atoms with E-state index in [1.54, 1.807) is 29.6 Å². The lowest BCUT2D eigenvalue weighted by Crippen LogP contribution is -2.20. The maximum atomic E-state index is 12.4. The number of imidazole rings is 1. The molecule has 0 saturated heterocycles. The molecule has 2 aromatic heterocycles. The van der Waals surface area contributed by atoms with Gasteiger partial charge in [-0.05, 0) is 25.5 Å². The van der Waals surface area contributed by atoms with Crippen LogP contribution in [0.4, 0.5) is 0 Å². The van der Waals surface area contributed by atoms with Crippen LogP contribution in [0.5, 0.6) is 0 Å². The normalized spacial score (nSPS) is 11.2. The molecule has 114 valence electrons. The fourth-order valence-corrected chi connectivity index (χ4v) is 3.22. The van der Waals surface area contributed by atoms with Gasteiger partial charge in [-0.1, -0.05) is 23.4 Å². The topological polar surface area (TPSA) is 52.7 Å². The van der Waals surface area contributed by atoms with E-state index < -0.39 is 0 Å². The minimum Gasteiger partial charge on any atom is -0.337 e. The lowest BCUT2D eigenvalue weighted by molar-refractivity contribution is 0.679. The molecular weight excluding hydrogens is 296 g/mol. The lowest BCUT2D eigenvalue weighted by atomic mass is 10.2. The van der Waals surface area contributed by atoms with Gasteiger partial charge in [0.2, 0.25) is 0 Å². The minimum atomic E-state index is 0.0193. The van der Waals surface area contributed by atoms with Crippen LogP contribution < -0.4 is 5.56 Å². The van der Waals surface area contributed by atoms with Crippen LogP contribution >= 0.6 is 11.8 Å². The zero-order valence-electron chi connectivity index (χ0n) is 12.7. The summed E-state index contributed by atoms with van der Waals surface area (Å²) in [7, 11) is 1.79. The maximum Gasteiger partial charge on any atom is 0.261 e. The van der Waals surface area contributed by atoms with Crippen molar-refractivity contribution in [2.45, 2.75) is 25.0 Å². The van der Waals surface area contributed by atoms with Crippen LogP contribution in [0.3, 0.4) is 0 Å². The molecule has 6 heteroatoms. The Morgan fingerprint density at radius 3 is 2.95 bits per heavy atom. The highest BCUT2D eigenvalue weighted by atomic mass is 32.2. The molecule has 0 fully saturated rings. The van der Waals surface area contributed by atoms with E-state index in [2.05, 4.69) is 14.5 Å². The van der Waals surface area contributed by atoms with Gasteiger partial charge < -0.3 is 4.57 Å². The fourth-order valence-electron chi connectivity index (χ4n) is 2.32. The third kappa shape index (κ3) is 3.06. The molecule has 0 spiro atoms. The number of aryl methyl sites for hydroxylation is 2. The summed E-state index contributed by atoms with van der Waals surface area (Å²) in [4.78, 5) is 21.1. The summed E-state index contributed by atoms with van der Waals surface area (Å²) >= 11 is 1.62. The first-order chi connectivity index (χ1) is 10.6. The van der Waals surface area contributed by atoms with Gasteiger partial charge in [-0.3, -0.25) is 9.36 Å². The van der Waals surface area contributed by atoms with Crippen LogP contribution in [0.1, 0.15) is 12.0 Å². The van der Waals surface area contributed by atoms with Crippen LogP contribution in [-0.2, 0) is 13.6 Å². The quantitative estimate of drug-likeness (QED) is 0.413. The first kappa shape index (κ1) is 14.8. The summed E-state index contributed by atoms with van der Waals surface area (Å²) in [5.74, 6) is 0.913. The lowest BCUT2D eigenvalue weighted by Gasteiger charge is -2.09. The largest absolute Gasteiger partial charge is 0.337 e. The highest BCUT2D eigenvalue weighted by molar-refractivity contribution is 7.99. The van der Waals surface area contributed by atoms with E-state index in [-0.39, 0.29) is 5.56 Å². The Morgan fingerprint density at radius 2 is 2.18 bits per heavy atom. The molecule has 1 aromatic carbocycles. The number of hydrogen-bond acceptors (Lipinski definition) is 4. The van der Waals surface area contributed by atoms with E-state index in [0.717, 1.165) is 35.0 Å². The van der Waals surface area contributed by atoms with Crippen molar-refractivity contribution in [1.82, 2.24) is 19.1 Å². The number of rotatable bonds is 5. The van der Waals surface area contributed by atoms with Gasteiger partial charge in [-0.25, -0.2) is 9.97 Å². The van der Waals surface area contributed by atoms with E-state index in [9.17, 15) is 4.79 Å². The number of fused-ring (bicyclic) bond motifs is 1. The van der Waals surface area contributed by atoms with Crippen molar-refractivity contribution in [2.24, 2.45) is 7.05 Å². The van der Waals surface area contributed by atoms with Crippen LogP contribution in [-0.4, -0.2) is 24.9 Å². The molecule has 3 rings (SSSR count). The second kappa shape index (κ2) is 6.36. The predicted octanol–water partition coefficient (Wildman–Crippen LogP) is 2.62. The molecule has 0 aliphatic heterocycles. The number of thioether (sulfide) groups is 1. The molecule has 3 aromatic rings. The van der Waals surface area contributed by atoms with Gasteiger partial charge in [0.15, 0.2) is 5.16 Å².